The average Bonchev–Trinajstić information content (AvgIpc) is 1.36. The van der Waals surface area contributed by atoms with E-state index in [-0.39, 0.29) is 128 Å². The van der Waals surface area contributed by atoms with E-state index in [0.29, 0.717) is 57.8 Å². The van der Waals surface area contributed by atoms with Crippen LogP contribution in [-0.4, -0.2) is 287 Å². The first-order valence-corrected chi connectivity index (χ1v) is 37.9. The minimum atomic E-state index is -4.52. The van der Waals surface area contributed by atoms with Crippen molar-refractivity contribution in [3.05, 3.63) is 0 Å². The number of alkyl halides is 4. The SMILES string of the molecule is CCCOC[C@H]1C(=O)N(C)CC(=O)N[C@@H](CCC2CCC(C(F)(F)F)C(Cl)C2)C(=O)N2CCC[C@H]2C(=O)NC2(CCCC2)C(=O)N(C)[C@@H](C2CCCC2)C(=O)N(C)[C@H](C(=O)N2C3CCC2COC3)CC(=O)N(C)[C@@H](CC(C)C)C(=O)N[C@@H]([C@@H](C)CC)C(=O)N(C)[C@@H](C)C(=O)N2CC[C@H]2C(=O)N1C. The minimum absolute atomic E-state index is 0.0131. The summed E-state index contributed by atoms with van der Waals surface area (Å²) in [4.78, 5) is 193. The molecule has 2 bridgehead atoms. The number of rotatable bonds is 13. The lowest BCUT2D eigenvalue weighted by atomic mass is 9.78. The van der Waals surface area contributed by atoms with E-state index in [4.69, 9.17) is 21.1 Å². The van der Waals surface area contributed by atoms with Crippen molar-refractivity contribution in [2.45, 2.75) is 266 Å². The van der Waals surface area contributed by atoms with Gasteiger partial charge in [-0.2, -0.15) is 13.2 Å². The van der Waals surface area contributed by atoms with Gasteiger partial charge in [-0.05, 0) is 133 Å². The van der Waals surface area contributed by atoms with Gasteiger partial charge in [0, 0.05) is 67.4 Å². The Morgan fingerprint density at radius 1 is 0.667 bits per heavy atom. The topological polar surface area (TPSA) is 289 Å². The first kappa shape index (κ1) is 81.3. The Labute approximate surface area is 604 Å². The van der Waals surface area contributed by atoms with E-state index in [9.17, 15) is 37.1 Å². The zero-order valence-electron chi connectivity index (χ0n) is 62.1. The third-order valence-corrected chi connectivity index (χ3v) is 24.1. The third kappa shape index (κ3) is 18.3. The zero-order valence-corrected chi connectivity index (χ0v) is 62.8. The monoisotopic (exact) mass is 1460 g/mol. The van der Waals surface area contributed by atoms with E-state index >= 15 is 33.6 Å². The van der Waals surface area contributed by atoms with E-state index in [0.717, 1.165) is 22.6 Å². The Bertz CT molecular complexity index is 3030. The number of fused-ring (bicyclic) bond motifs is 4. The van der Waals surface area contributed by atoms with Crippen molar-refractivity contribution in [1.82, 2.24) is 60.0 Å². The number of amides is 12. The Hall–Kier alpha value is -6.36. The smallest absolute Gasteiger partial charge is 0.379 e. The van der Waals surface area contributed by atoms with Crippen LogP contribution in [0.1, 0.15) is 183 Å². The fourth-order valence-corrected chi connectivity index (χ4v) is 17.4. The van der Waals surface area contributed by atoms with E-state index in [1.807, 2.05) is 27.7 Å². The summed E-state index contributed by atoms with van der Waals surface area (Å²) < 4.78 is 53.8. The van der Waals surface area contributed by atoms with Crippen molar-refractivity contribution in [3.63, 3.8) is 0 Å². The maximum Gasteiger partial charge on any atom is 0.393 e. The predicted octanol–water partition coefficient (Wildman–Crippen LogP) is 4.46. The molecular weight excluding hydrogens is 1350 g/mol. The largest absolute Gasteiger partial charge is 0.393 e. The van der Waals surface area contributed by atoms with Crippen molar-refractivity contribution >= 4 is 82.5 Å². The normalized spacial score (nSPS) is 32.3. The molecule has 5 heterocycles. The molecule has 3 aliphatic carbocycles. The van der Waals surface area contributed by atoms with Gasteiger partial charge < -0.3 is 69.5 Å². The quantitative estimate of drug-likeness (QED) is 0.170. The van der Waals surface area contributed by atoms with Crippen molar-refractivity contribution in [1.29, 1.82) is 0 Å². The zero-order chi connectivity index (χ0) is 75.0. The molecule has 8 fully saturated rings. The molecule has 3 N–H and O–H groups in total. The molecule has 8 rings (SSSR count). The van der Waals surface area contributed by atoms with Crippen molar-refractivity contribution in [2.24, 2.45) is 29.6 Å². The van der Waals surface area contributed by atoms with Gasteiger partial charge >= 0.3 is 6.18 Å². The van der Waals surface area contributed by atoms with Gasteiger partial charge in [-0.15, -0.1) is 11.6 Å². The molecule has 26 nitrogen and oxygen atoms in total. The summed E-state index contributed by atoms with van der Waals surface area (Å²) in [6, 6.07) is -11.9. The predicted molar refractivity (Wildman–Crippen MR) is 371 cm³/mol. The second-order valence-electron chi connectivity index (χ2n) is 31.0. The summed E-state index contributed by atoms with van der Waals surface area (Å²) in [6.07, 6.45) is 1.83. The number of hydrogen-bond donors (Lipinski definition) is 3. The molecule has 0 aromatic rings. The van der Waals surface area contributed by atoms with Crippen LogP contribution in [0.4, 0.5) is 13.2 Å². The standard InChI is InChI=1S/C72H114ClF3N12O14/c1-13-34-101-41-56-65(95)80(7)38-57(89)77-51(28-24-45-23-27-49(50(73)36-45)72(74,75)76)64(94)86-32-19-22-52(86)62(92)79-71(30-17-18-31-71)70(100)85(12)60(46-20-15-16-21-46)69(99)83(10)55(67(97)88-47-25-26-48(88)40-102-39-47)37-58(90)82(9)54(35-42(3)4)61(91)78-59(43(5)14-2)68(98)81(8)44(6)63(93)87-33-29-53(87)66(96)84(56)11/h42-56,59-60H,13-41H2,1-12H3,(H,77,89)(H,78,91)(H,79,92)/t43-,44-,45?,47?,48?,49?,50?,51-,52-,53-,54-,55-,56-,59-,60-/m0/s1. The van der Waals surface area contributed by atoms with E-state index in [1.165, 1.54) is 78.6 Å². The molecule has 0 aromatic carbocycles. The second-order valence-corrected chi connectivity index (χ2v) is 31.5. The Morgan fingerprint density at radius 2 is 1.31 bits per heavy atom. The number of nitrogens with one attached hydrogen (secondary N) is 3. The fraction of sp³-hybridized carbons (Fsp3) is 0.833. The number of nitrogens with zero attached hydrogens (tertiary/aromatic N) is 9. The van der Waals surface area contributed by atoms with Crippen LogP contribution in [-0.2, 0) is 67.0 Å². The summed E-state index contributed by atoms with van der Waals surface area (Å²) in [6.45, 7) is 10.6. The molecule has 0 aromatic heterocycles. The molecule has 574 valence electrons. The number of morpholine rings is 1. The fourth-order valence-electron chi connectivity index (χ4n) is 16.9. The van der Waals surface area contributed by atoms with Crippen molar-refractivity contribution in [2.75, 3.05) is 88.3 Å². The van der Waals surface area contributed by atoms with Crippen molar-refractivity contribution < 1.29 is 80.2 Å². The molecule has 0 radical (unpaired) electrons. The van der Waals surface area contributed by atoms with Gasteiger partial charge in [0.2, 0.25) is 70.9 Å². The summed E-state index contributed by atoms with van der Waals surface area (Å²) in [7, 11) is 8.56. The van der Waals surface area contributed by atoms with Gasteiger partial charge in [0.05, 0.1) is 50.8 Å². The van der Waals surface area contributed by atoms with Crippen LogP contribution in [0.2, 0.25) is 0 Å². The highest BCUT2D eigenvalue weighted by atomic mass is 35.5. The van der Waals surface area contributed by atoms with Gasteiger partial charge in [0.1, 0.15) is 59.9 Å². The first-order chi connectivity index (χ1) is 48.2. The molecule has 8 aliphatic rings. The van der Waals surface area contributed by atoms with Gasteiger partial charge in [-0.1, -0.05) is 66.7 Å². The van der Waals surface area contributed by atoms with Gasteiger partial charge in [-0.25, -0.2) is 0 Å². The summed E-state index contributed by atoms with van der Waals surface area (Å²) in [5, 5.41) is 7.59. The molecule has 5 saturated heterocycles. The molecule has 5 aliphatic heterocycles. The van der Waals surface area contributed by atoms with Crippen LogP contribution in [0, 0.1) is 29.6 Å². The highest BCUT2D eigenvalue weighted by molar-refractivity contribution is 6.21. The van der Waals surface area contributed by atoms with Gasteiger partial charge in [-0.3, -0.25) is 57.5 Å². The Morgan fingerprint density at radius 3 is 1.90 bits per heavy atom. The lowest BCUT2D eigenvalue weighted by molar-refractivity contribution is -0.182. The summed E-state index contributed by atoms with van der Waals surface area (Å²) in [5.41, 5.74) is -1.57. The number of ether oxygens (including phenoxy) is 2. The number of likely N-dealkylation sites (N-methyl/N-ethyl adjacent to an activating group) is 6. The van der Waals surface area contributed by atoms with E-state index < -0.39 is 173 Å². The van der Waals surface area contributed by atoms with Crippen LogP contribution in [0.3, 0.4) is 0 Å². The maximum absolute atomic E-state index is 15.9. The number of carbonyl (C=O) groups is 12. The molecule has 102 heavy (non-hydrogen) atoms. The van der Waals surface area contributed by atoms with Crippen LogP contribution in [0.25, 0.3) is 0 Å². The number of carbonyl (C=O) groups excluding carboxylic acids is 12. The molecule has 15 atom stereocenters. The van der Waals surface area contributed by atoms with Crippen LogP contribution in [0.15, 0.2) is 0 Å². The number of hydrogen-bond acceptors (Lipinski definition) is 14. The second kappa shape index (κ2) is 35.2. The number of halogens is 4. The molecular formula is C72H114ClF3N12O14. The molecule has 30 heteroatoms. The van der Waals surface area contributed by atoms with Gasteiger partial charge in [0.15, 0.2) is 0 Å². The third-order valence-electron chi connectivity index (χ3n) is 23.7. The Balaban J connectivity index is 1.17. The highest BCUT2D eigenvalue weighted by Crippen LogP contribution is 2.44. The lowest BCUT2D eigenvalue weighted by Crippen LogP contribution is -2.65. The van der Waals surface area contributed by atoms with Crippen LogP contribution >= 0.6 is 11.6 Å². The average molecular weight is 1460 g/mol. The van der Waals surface area contributed by atoms with Crippen LogP contribution < -0.4 is 16.0 Å². The lowest BCUT2D eigenvalue weighted by Gasteiger charge is -2.45. The molecule has 12 amide bonds. The van der Waals surface area contributed by atoms with E-state index in [1.54, 1.807) is 11.8 Å². The van der Waals surface area contributed by atoms with Crippen molar-refractivity contribution in [3.8, 4) is 0 Å². The Kier molecular flexibility index (Phi) is 28.0. The summed E-state index contributed by atoms with van der Waals surface area (Å²) in [5.74, 6) is -10.9. The molecule has 5 unspecified atom stereocenters. The summed E-state index contributed by atoms with van der Waals surface area (Å²) >= 11 is 6.40. The maximum atomic E-state index is 15.9. The van der Waals surface area contributed by atoms with Gasteiger partial charge in [0.25, 0.3) is 0 Å². The molecule has 3 saturated carbocycles. The highest BCUT2D eigenvalue weighted by Gasteiger charge is 2.54. The van der Waals surface area contributed by atoms with Crippen LogP contribution in [0.5, 0.6) is 0 Å². The minimum Gasteiger partial charge on any atom is -0.379 e. The van der Waals surface area contributed by atoms with E-state index in [2.05, 4.69) is 16.0 Å². The first-order valence-electron chi connectivity index (χ1n) is 37.5. The molecule has 1 spiro atoms.